The molecule has 1 saturated heterocycles. The van der Waals surface area contributed by atoms with Crippen LogP contribution in [0.1, 0.15) is 24.8 Å². The monoisotopic (exact) mass is 282 g/mol. The summed E-state index contributed by atoms with van der Waals surface area (Å²) in [6, 6.07) is 10.8. The molecule has 0 unspecified atom stereocenters. The van der Waals surface area contributed by atoms with Crippen molar-refractivity contribution in [3.63, 3.8) is 0 Å². The van der Waals surface area contributed by atoms with Gasteiger partial charge in [-0.3, -0.25) is 4.79 Å². The molecule has 1 heterocycles. The zero-order chi connectivity index (χ0) is 12.8. The second kappa shape index (κ2) is 8.18. The predicted molar refractivity (Wildman–Crippen MR) is 80.7 cm³/mol. The average molecular weight is 283 g/mol. The van der Waals surface area contributed by atoms with Crippen LogP contribution in [0.4, 0.5) is 0 Å². The number of hydrogen-bond donors (Lipinski definition) is 1. The van der Waals surface area contributed by atoms with Crippen LogP contribution in [0.5, 0.6) is 0 Å². The van der Waals surface area contributed by atoms with Crippen molar-refractivity contribution in [3.05, 3.63) is 35.9 Å². The number of piperidine rings is 1. The zero-order valence-corrected chi connectivity index (χ0v) is 12.3. The fourth-order valence-corrected chi connectivity index (χ4v) is 2.47. The number of likely N-dealkylation sites (tertiary alicyclic amines) is 1. The number of benzene rings is 1. The first-order valence-electron chi connectivity index (χ1n) is 6.78. The van der Waals surface area contributed by atoms with E-state index in [1.807, 2.05) is 30.1 Å². The molecule has 3 nitrogen and oxygen atoms in total. The van der Waals surface area contributed by atoms with Crippen LogP contribution in [0, 0.1) is 0 Å². The van der Waals surface area contributed by atoms with Gasteiger partial charge in [0.1, 0.15) is 0 Å². The van der Waals surface area contributed by atoms with E-state index in [-0.39, 0.29) is 12.4 Å². The van der Waals surface area contributed by atoms with Crippen LogP contribution >= 0.6 is 12.4 Å². The van der Waals surface area contributed by atoms with Crippen LogP contribution in [0.15, 0.2) is 30.3 Å². The fourth-order valence-electron chi connectivity index (χ4n) is 2.47. The van der Waals surface area contributed by atoms with Crippen molar-refractivity contribution < 1.29 is 4.79 Å². The number of carbonyl (C=O) groups excluding carboxylic acids is 1. The highest BCUT2D eigenvalue weighted by molar-refractivity contribution is 5.85. The summed E-state index contributed by atoms with van der Waals surface area (Å²) in [5, 5.41) is 3.28. The molecule has 0 radical (unpaired) electrons. The second-order valence-electron chi connectivity index (χ2n) is 4.93. The number of nitrogens with zero attached hydrogens (tertiary/aromatic N) is 1. The Kier molecular flexibility index (Phi) is 6.89. The Labute approximate surface area is 121 Å². The van der Waals surface area contributed by atoms with Gasteiger partial charge in [-0.25, -0.2) is 0 Å². The van der Waals surface area contributed by atoms with Crippen molar-refractivity contribution in [1.29, 1.82) is 0 Å². The molecule has 1 N–H and O–H groups in total. The number of nitrogens with one attached hydrogen (secondary N) is 1. The second-order valence-corrected chi connectivity index (χ2v) is 4.93. The highest BCUT2D eigenvalue weighted by Gasteiger charge is 2.21. The number of hydrogen-bond acceptors (Lipinski definition) is 2. The smallest absolute Gasteiger partial charge is 0.222 e. The topological polar surface area (TPSA) is 32.3 Å². The lowest BCUT2D eigenvalue weighted by atomic mass is 10.0. The summed E-state index contributed by atoms with van der Waals surface area (Å²) in [5.74, 6) is 0.299. The third-order valence-electron chi connectivity index (χ3n) is 3.73. The van der Waals surface area contributed by atoms with Crippen LogP contribution in [0.2, 0.25) is 0 Å². The molecule has 0 spiro atoms. The van der Waals surface area contributed by atoms with Crippen LogP contribution in [0.3, 0.4) is 0 Å². The molecular weight excluding hydrogens is 260 g/mol. The van der Waals surface area contributed by atoms with E-state index in [0.717, 1.165) is 32.4 Å². The van der Waals surface area contributed by atoms with Gasteiger partial charge in [0.05, 0.1) is 0 Å². The summed E-state index contributed by atoms with van der Waals surface area (Å²) in [5.41, 5.74) is 1.25. The van der Waals surface area contributed by atoms with E-state index in [1.54, 1.807) is 0 Å². The SMILES string of the molecule is CNC1CCN(C(=O)CCc2ccccc2)CC1.Cl. The molecule has 2 rings (SSSR count). The first kappa shape index (κ1) is 16.0. The molecule has 1 aliphatic heterocycles. The largest absolute Gasteiger partial charge is 0.343 e. The summed E-state index contributed by atoms with van der Waals surface area (Å²) in [6.45, 7) is 1.80. The lowest BCUT2D eigenvalue weighted by Crippen LogP contribution is -2.44. The highest BCUT2D eigenvalue weighted by atomic mass is 35.5. The van der Waals surface area contributed by atoms with Gasteiger partial charge in [-0.15, -0.1) is 12.4 Å². The number of rotatable bonds is 4. The highest BCUT2D eigenvalue weighted by Crippen LogP contribution is 2.12. The number of carbonyl (C=O) groups is 1. The van der Waals surface area contributed by atoms with Crippen molar-refractivity contribution in [2.75, 3.05) is 20.1 Å². The summed E-state index contributed by atoms with van der Waals surface area (Å²) in [7, 11) is 2.00. The maximum Gasteiger partial charge on any atom is 0.222 e. The van der Waals surface area contributed by atoms with Crippen LogP contribution < -0.4 is 5.32 Å². The molecular formula is C15H23ClN2O. The Hall–Kier alpha value is -1.06. The Bertz CT molecular complexity index is 375. The molecule has 0 aromatic heterocycles. The first-order chi connectivity index (χ1) is 8.79. The first-order valence-corrected chi connectivity index (χ1v) is 6.78. The molecule has 1 aromatic rings. The van der Waals surface area contributed by atoms with Crippen molar-refractivity contribution >= 4 is 18.3 Å². The molecule has 106 valence electrons. The Morgan fingerprint density at radius 3 is 2.47 bits per heavy atom. The summed E-state index contributed by atoms with van der Waals surface area (Å²) in [6.07, 6.45) is 3.64. The summed E-state index contributed by atoms with van der Waals surface area (Å²) in [4.78, 5) is 14.1. The van der Waals surface area contributed by atoms with Gasteiger partial charge in [-0.1, -0.05) is 30.3 Å². The molecule has 1 aliphatic rings. The Balaban J connectivity index is 0.00000180. The van der Waals surface area contributed by atoms with Gasteiger partial charge in [-0.05, 0) is 31.9 Å². The molecule has 0 atom stereocenters. The van der Waals surface area contributed by atoms with E-state index in [2.05, 4.69) is 17.4 Å². The predicted octanol–water partition coefficient (Wildman–Crippen LogP) is 2.25. The van der Waals surface area contributed by atoms with Gasteiger partial charge >= 0.3 is 0 Å². The van der Waals surface area contributed by atoms with Crippen molar-refractivity contribution in [3.8, 4) is 0 Å². The summed E-state index contributed by atoms with van der Waals surface area (Å²) < 4.78 is 0. The van der Waals surface area contributed by atoms with Crippen LogP contribution in [0.25, 0.3) is 0 Å². The van der Waals surface area contributed by atoms with E-state index in [9.17, 15) is 4.79 Å². The van der Waals surface area contributed by atoms with Crippen LogP contribution in [-0.2, 0) is 11.2 Å². The van der Waals surface area contributed by atoms with E-state index >= 15 is 0 Å². The Morgan fingerprint density at radius 2 is 1.89 bits per heavy atom. The lowest BCUT2D eigenvalue weighted by Gasteiger charge is -2.31. The number of amides is 1. The quantitative estimate of drug-likeness (QED) is 0.919. The van der Waals surface area contributed by atoms with E-state index in [4.69, 9.17) is 0 Å². The molecule has 0 bridgehead atoms. The zero-order valence-electron chi connectivity index (χ0n) is 11.5. The van der Waals surface area contributed by atoms with Gasteiger partial charge in [0.2, 0.25) is 5.91 Å². The number of aryl methyl sites for hydroxylation is 1. The molecule has 0 aliphatic carbocycles. The standard InChI is InChI=1S/C15H22N2O.ClH/c1-16-14-9-11-17(12-10-14)15(18)8-7-13-5-3-2-4-6-13;/h2-6,14,16H,7-12H2,1H3;1H. The number of halogens is 1. The van der Waals surface area contributed by atoms with Crippen LogP contribution in [-0.4, -0.2) is 37.0 Å². The van der Waals surface area contributed by atoms with Crippen molar-refractivity contribution in [1.82, 2.24) is 10.2 Å². The van der Waals surface area contributed by atoms with E-state index < -0.39 is 0 Å². The van der Waals surface area contributed by atoms with E-state index in [1.165, 1.54) is 5.56 Å². The third kappa shape index (κ3) is 4.84. The minimum Gasteiger partial charge on any atom is -0.343 e. The maximum absolute atomic E-state index is 12.1. The third-order valence-corrected chi connectivity index (χ3v) is 3.73. The van der Waals surface area contributed by atoms with Gasteiger partial charge in [0.25, 0.3) is 0 Å². The molecule has 4 heteroatoms. The van der Waals surface area contributed by atoms with Gasteiger partial charge in [-0.2, -0.15) is 0 Å². The minimum absolute atomic E-state index is 0. The fraction of sp³-hybridized carbons (Fsp3) is 0.533. The van der Waals surface area contributed by atoms with Gasteiger partial charge in [0.15, 0.2) is 0 Å². The molecule has 0 saturated carbocycles. The lowest BCUT2D eigenvalue weighted by molar-refractivity contribution is -0.132. The molecule has 1 amide bonds. The molecule has 1 aromatic carbocycles. The maximum atomic E-state index is 12.1. The Morgan fingerprint density at radius 1 is 1.26 bits per heavy atom. The van der Waals surface area contributed by atoms with Crippen molar-refractivity contribution in [2.24, 2.45) is 0 Å². The summed E-state index contributed by atoms with van der Waals surface area (Å²) >= 11 is 0. The normalized spacial score (nSPS) is 15.9. The molecule has 1 fully saturated rings. The van der Waals surface area contributed by atoms with Crippen molar-refractivity contribution in [2.45, 2.75) is 31.7 Å². The van der Waals surface area contributed by atoms with E-state index in [0.29, 0.717) is 18.4 Å². The van der Waals surface area contributed by atoms with Gasteiger partial charge in [0, 0.05) is 25.6 Å². The minimum atomic E-state index is 0. The van der Waals surface area contributed by atoms with Gasteiger partial charge < -0.3 is 10.2 Å². The molecule has 19 heavy (non-hydrogen) atoms. The average Bonchev–Trinajstić information content (AvgIpc) is 2.46.